The van der Waals surface area contributed by atoms with Crippen molar-refractivity contribution in [1.82, 2.24) is 9.97 Å². The van der Waals surface area contributed by atoms with Gasteiger partial charge in [0.2, 0.25) is 11.2 Å². The minimum atomic E-state index is 0.219. The molecule has 2 rings (SSSR count). The van der Waals surface area contributed by atoms with Gasteiger partial charge in [0.15, 0.2) is 0 Å². The van der Waals surface area contributed by atoms with Gasteiger partial charge in [-0.15, -0.1) is 11.3 Å². The zero-order valence-electron chi connectivity index (χ0n) is 8.77. The maximum atomic E-state index is 5.80. The lowest BCUT2D eigenvalue weighted by Gasteiger charge is -2.05. The summed E-state index contributed by atoms with van der Waals surface area (Å²) < 4.78 is 10.5. The maximum absolute atomic E-state index is 5.80. The monoisotopic (exact) mass is 258 g/mol. The van der Waals surface area contributed by atoms with E-state index in [9.17, 15) is 0 Å². The van der Waals surface area contributed by atoms with Crippen LogP contribution in [0, 0.1) is 0 Å². The van der Waals surface area contributed by atoms with Crippen molar-refractivity contribution in [3.63, 3.8) is 0 Å². The average Bonchev–Trinajstić information content (AvgIpc) is 2.72. The smallest absolute Gasteiger partial charge is 0.227 e. The molecule has 16 heavy (non-hydrogen) atoms. The van der Waals surface area contributed by atoms with Gasteiger partial charge in [-0.1, -0.05) is 0 Å². The molecular weight excluding hydrogens is 248 g/mol. The molecule has 2 aromatic rings. The lowest BCUT2D eigenvalue weighted by molar-refractivity contribution is 0.171. The van der Waals surface area contributed by atoms with E-state index in [4.69, 9.17) is 21.1 Å². The van der Waals surface area contributed by atoms with Crippen molar-refractivity contribution < 1.29 is 9.47 Å². The largest absolute Gasteiger partial charge is 0.477 e. The summed E-state index contributed by atoms with van der Waals surface area (Å²) in [5.41, 5.74) is 0. The highest BCUT2D eigenvalue weighted by molar-refractivity contribution is 7.16. The summed E-state index contributed by atoms with van der Waals surface area (Å²) in [6, 6.07) is 1.93. The van der Waals surface area contributed by atoms with Gasteiger partial charge in [-0.2, -0.15) is 4.98 Å². The van der Waals surface area contributed by atoms with Gasteiger partial charge in [0, 0.05) is 20.1 Å². The number of fused-ring (bicyclic) bond motifs is 1. The summed E-state index contributed by atoms with van der Waals surface area (Å²) in [7, 11) is 1.67. The minimum absolute atomic E-state index is 0.219. The van der Waals surface area contributed by atoms with Crippen LogP contribution in [0.15, 0.2) is 11.4 Å². The van der Waals surface area contributed by atoms with Crippen LogP contribution in [0.4, 0.5) is 0 Å². The molecule has 0 aliphatic rings. The molecule has 2 heterocycles. The second-order valence-corrected chi connectivity index (χ2v) is 4.36. The van der Waals surface area contributed by atoms with E-state index in [1.807, 2.05) is 11.4 Å². The van der Waals surface area contributed by atoms with E-state index in [1.165, 1.54) is 11.3 Å². The first-order chi connectivity index (χ1) is 7.81. The van der Waals surface area contributed by atoms with E-state index < -0.39 is 0 Å². The highest BCUT2D eigenvalue weighted by Crippen LogP contribution is 2.27. The van der Waals surface area contributed by atoms with Crippen molar-refractivity contribution in [3.05, 3.63) is 16.7 Å². The molecule has 0 unspecified atom stereocenters. The molecule has 0 aliphatic carbocycles. The van der Waals surface area contributed by atoms with Gasteiger partial charge in [-0.3, -0.25) is 0 Å². The topological polar surface area (TPSA) is 44.2 Å². The van der Waals surface area contributed by atoms with E-state index >= 15 is 0 Å². The van der Waals surface area contributed by atoms with Crippen LogP contribution in [-0.2, 0) is 4.74 Å². The van der Waals surface area contributed by atoms with Crippen molar-refractivity contribution in [1.29, 1.82) is 0 Å². The molecule has 0 radical (unpaired) electrons. The highest BCUT2D eigenvalue weighted by atomic mass is 35.5. The average molecular weight is 259 g/mol. The first-order valence-corrected chi connectivity index (χ1v) is 6.09. The number of nitrogens with zero attached hydrogens (tertiary/aromatic N) is 2. The Balaban J connectivity index is 2.12. The number of methoxy groups -OCH3 is 1. The third-order valence-corrected chi connectivity index (χ3v) is 2.97. The Hall–Kier alpha value is -0.910. The van der Waals surface area contributed by atoms with E-state index in [2.05, 4.69) is 9.97 Å². The number of aromatic nitrogens is 2. The van der Waals surface area contributed by atoms with Gasteiger partial charge < -0.3 is 9.47 Å². The molecule has 0 saturated carbocycles. The fourth-order valence-electron chi connectivity index (χ4n) is 1.29. The summed E-state index contributed by atoms with van der Waals surface area (Å²) in [6.07, 6.45) is 0.823. The Morgan fingerprint density at radius 1 is 1.38 bits per heavy atom. The fraction of sp³-hybridized carbons (Fsp3) is 0.400. The van der Waals surface area contributed by atoms with Gasteiger partial charge >= 0.3 is 0 Å². The van der Waals surface area contributed by atoms with Gasteiger partial charge in [0.25, 0.3) is 0 Å². The van der Waals surface area contributed by atoms with Crippen LogP contribution >= 0.6 is 22.9 Å². The number of ether oxygens (including phenoxy) is 2. The zero-order chi connectivity index (χ0) is 11.4. The van der Waals surface area contributed by atoms with Crippen LogP contribution < -0.4 is 4.74 Å². The van der Waals surface area contributed by atoms with Crippen molar-refractivity contribution in [3.8, 4) is 5.88 Å². The predicted molar refractivity (Wildman–Crippen MR) is 64.4 cm³/mol. The van der Waals surface area contributed by atoms with Crippen LogP contribution in [0.25, 0.3) is 10.2 Å². The van der Waals surface area contributed by atoms with Gasteiger partial charge in [0.1, 0.15) is 4.83 Å². The Labute approximate surface area is 102 Å². The first-order valence-electron chi connectivity index (χ1n) is 4.83. The quantitative estimate of drug-likeness (QED) is 0.611. The summed E-state index contributed by atoms with van der Waals surface area (Å²) >= 11 is 7.32. The van der Waals surface area contributed by atoms with E-state index in [0.29, 0.717) is 19.1 Å². The molecule has 0 aromatic carbocycles. The van der Waals surface area contributed by atoms with Crippen LogP contribution in [0.5, 0.6) is 5.88 Å². The molecule has 0 bridgehead atoms. The molecule has 2 aromatic heterocycles. The summed E-state index contributed by atoms with van der Waals surface area (Å²) in [6.45, 7) is 1.23. The Kier molecular flexibility index (Phi) is 3.93. The van der Waals surface area contributed by atoms with Crippen LogP contribution in [-0.4, -0.2) is 30.3 Å². The standard InChI is InChI=1S/C10H11ClN2O2S/c1-14-4-2-5-15-8-7-3-6-16-9(7)13-10(11)12-8/h3,6H,2,4-5H2,1H3. The van der Waals surface area contributed by atoms with Gasteiger partial charge in [0.05, 0.1) is 12.0 Å². The summed E-state index contributed by atoms with van der Waals surface area (Å²) in [4.78, 5) is 9.03. The lowest BCUT2D eigenvalue weighted by atomic mass is 10.4. The third kappa shape index (κ3) is 2.61. The molecule has 6 heteroatoms. The second kappa shape index (κ2) is 5.43. The fourth-order valence-corrected chi connectivity index (χ4v) is 2.25. The molecule has 86 valence electrons. The molecule has 0 spiro atoms. The van der Waals surface area contributed by atoms with Crippen molar-refractivity contribution >= 4 is 33.2 Å². The summed E-state index contributed by atoms with van der Waals surface area (Å²) in [5, 5.41) is 3.07. The number of thiophene rings is 1. The highest BCUT2D eigenvalue weighted by Gasteiger charge is 2.08. The molecule has 0 N–H and O–H groups in total. The number of halogens is 1. The van der Waals surface area contributed by atoms with Crippen LogP contribution in [0.2, 0.25) is 5.28 Å². The van der Waals surface area contributed by atoms with Gasteiger partial charge in [-0.25, -0.2) is 4.98 Å². The molecule has 0 aliphatic heterocycles. The molecular formula is C10H11ClN2O2S. The van der Waals surface area contributed by atoms with E-state index in [0.717, 1.165) is 16.6 Å². The molecule has 0 atom stereocenters. The molecule has 0 saturated heterocycles. The first kappa shape index (κ1) is 11.6. The van der Waals surface area contributed by atoms with E-state index in [-0.39, 0.29) is 5.28 Å². The maximum Gasteiger partial charge on any atom is 0.227 e. The summed E-state index contributed by atoms with van der Waals surface area (Å²) in [5.74, 6) is 0.548. The van der Waals surface area contributed by atoms with Crippen molar-refractivity contribution in [2.75, 3.05) is 20.3 Å². The van der Waals surface area contributed by atoms with E-state index in [1.54, 1.807) is 7.11 Å². The third-order valence-electron chi connectivity index (χ3n) is 1.99. The number of hydrogen-bond acceptors (Lipinski definition) is 5. The van der Waals surface area contributed by atoms with Crippen LogP contribution in [0.3, 0.4) is 0 Å². The number of hydrogen-bond donors (Lipinski definition) is 0. The second-order valence-electron chi connectivity index (χ2n) is 3.13. The lowest BCUT2D eigenvalue weighted by Crippen LogP contribution is -2.03. The molecule has 4 nitrogen and oxygen atoms in total. The SMILES string of the molecule is COCCCOc1nc(Cl)nc2sccc12. The zero-order valence-corrected chi connectivity index (χ0v) is 10.3. The minimum Gasteiger partial charge on any atom is -0.477 e. The Bertz CT molecular complexity index is 475. The normalized spacial score (nSPS) is 10.9. The van der Waals surface area contributed by atoms with Gasteiger partial charge in [-0.05, 0) is 23.0 Å². The van der Waals surface area contributed by atoms with Crippen LogP contribution in [0.1, 0.15) is 6.42 Å². The predicted octanol–water partition coefficient (Wildman–Crippen LogP) is 2.76. The Morgan fingerprint density at radius 3 is 3.06 bits per heavy atom. The molecule has 0 fully saturated rings. The molecule has 0 amide bonds. The Morgan fingerprint density at radius 2 is 2.25 bits per heavy atom. The number of rotatable bonds is 5. The van der Waals surface area contributed by atoms with Crippen molar-refractivity contribution in [2.24, 2.45) is 0 Å². The van der Waals surface area contributed by atoms with Crippen molar-refractivity contribution in [2.45, 2.75) is 6.42 Å².